The highest BCUT2D eigenvalue weighted by atomic mass is 15.2. The molecule has 0 aromatic rings. The summed E-state index contributed by atoms with van der Waals surface area (Å²) < 4.78 is 0. The molecule has 2 heteroatoms. The summed E-state index contributed by atoms with van der Waals surface area (Å²) >= 11 is 0. The molecule has 2 nitrogen and oxygen atoms in total. The minimum atomic E-state index is 0.629. The van der Waals surface area contributed by atoms with Crippen LogP contribution < -0.4 is 5.32 Å². The van der Waals surface area contributed by atoms with E-state index in [4.69, 9.17) is 0 Å². The van der Waals surface area contributed by atoms with Gasteiger partial charge in [-0.1, -0.05) is 27.7 Å². The van der Waals surface area contributed by atoms with Gasteiger partial charge >= 0.3 is 0 Å². The van der Waals surface area contributed by atoms with E-state index >= 15 is 0 Å². The first-order chi connectivity index (χ1) is 9.06. The minimum Gasteiger partial charge on any atom is -0.314 e. The molecule has 1 aliphatic heterocycles. The van der Waals surface area contributed by atoms with Crippen LogP contribution in [-0.4, -0.2) is 36.6 Å². The lowest BCUT2D eigenvalue weighted by Gasteiger charge is -2.44. The maximum Gasteiger partial charge on any atom is 0.0121 e. The van der Waals surface area contributed by atoms with E-state index in [0.29, 0.717) is 6.04 Å². The number of hydrogen-bond acceptors (Lipinski definition) is 2. The van der Waals surface area contributed by atoms with Crippen molar-refractivity contribution in [1.29, 1.82) is 0 Å². The molecule has 1 aliphatic carbocycles. The Labute approximate surface area is 120 Å². The van der Waals surface area contributed by atoms with Gasteiger partial charge in [-0.2, -0.15) is 0 Å². The normalized spacial score (nSPS) is 37.7. The number of hydrogen-bond donors (Lipinski definition) is 1. The van der Waals surface area contributed by atoms with E-state index in [2.05, 4.69) is 37.9 Å². The molecule has 0 aromatic heterocycles. The van der Waals surface area contributed by atoms with Crippen LogP contribution in [0.25, 0.3) is 0 Å². The second-order valence-electron chi connectivity index (χ2n) is 7.53. The molecule has 2 rings (SSSR count). The summed E-state index contributed by atoms with van der Waals surface area (Å²) in [6, 6.07) is 1.50. The van der Waals surface area contributed by atoms with Crippen LogP contribution in [0, 0.1) is 17.8 Å². The van der Waals surface area contributed by atoms with Gasteiger partial charge in [-0.3, -0.25) is 4.90 Å². The summed E-state index contributed by atoms with van der Waals surface area (Å²) in [5.41, 5.74) is 0. The van der Waals surface area contributed by atoms with E-state index in [-0.39, 0.29) is 0 Å². The highest BCUT2D eigenvalue weighted by Crippen LogP contribution is 2.33. The third-order valence-corrected chi connectivity index (χ3v) is 5.22. The Bertz CT molecular complexity index is 264. The summed E-state index contributed by atoms with van der Waals surface area (Å²) in [4.78, 5) is 2.83. The predicted octanol–water partition coefficient (Wildman–Crippen LogP) is 3.52. The molecule has 19 heavy (non-hydrogen) atoms. The number of rotatable bonds is 4. The van der Waals surface area contributed by atoms with Gasteiger partial charge in [-0.15, -0.1) is 0 Å². The smallest absolute Gasteiger partial charge is 0.0121 e. The van der Waals surface area contributed by atoms with Crippen LogP contribution in [0.5, 0.6) is 0 Å². The standard InChI is InChI=1S/C17H34N2/c1-13(2)18-11-16-6-5-9-19(12-16)17-8-7-14(3)10-15(17)4/h13-18H,5-12H2,1-4H3. The molecule has 112 valence electrons. The second-order valence-corrected chi connectivity index (χ2v) is 7.53. The van der Waals surface area contributed by atoms with Crippen LogP contribution in [-0.2, 0) is 0 Å². The highest BCUT2D eigenvalue weighted by Gasteiger charge is 2.32. The zero-order chi connectivity index (χ0) is 13.8. The fraction of sp³-hybridized carbons (Fsp3) is 1.00. The quantitative estimate of drug-likeness (QED) is 0.837. The van der Waals surface area contributed by atoms with Crippen LogP contribution in [0.1, 0.15) is 59.8 Å². The average molecular weight is 266 g/mol. The third-order valence-electron chi connectivity index (χ3n) is 5.22. The molecule has 2 fully saturated rings. The highest BCUT2D eigenvalue weighted by molar-refractivity contribution is 4.87. The van der Waals surface area contributed by atoms with Crippen LogP contribution in [0.3, 0.4) is 0 Å². The molecule has 1 heterocycles. The molecule has 4 unspecified atom stereocenters. The molecule has 0 spiro atoms. The largest absolute Gasteiger partial charge is 0.314 e. The Morgan fingerprint density at radius 3 is 2.63 bits per heavy atom. The van der Waals surface area contributed by atoms with Crippen molar-refractivity contribution in [3.05, 3.63) is 0 Å². The lowest BCUT2D eigenvalue weighted by atomic mass is 9.78. The molecule has 0 radical (unpaired) electrons. The van der Waals surface area contributed by atoms with Crippen LogP contribution in [0.2, 0.25) is 0 Å². The second kappa shape index (κ2) is 7.08. The SMILES string of the molecule is CC1CCC(N2CCCC(CNC(C)C)C2)C(C)C1. The van der Waals surface area contributed by atoms with Gasteiger partial charge in [0, 0.05) is 18.6 Å². The Balaban J connectivity index is 1.83. The van der Waals surface area contributed by atoms with Crippen LogP contribution in [0.15, 0.2) is 0 Å². The molecule has 1 N–H and O–H groups in total. The maximum atomic E-state index is 3.63. The van der Waals surface area contributed by atoms with Crippen molar-refractivity contribution in [2.24, 2.45) is 17.8 Å². The molecule has 0 aromatic carbocycles. The third kappa shape index (κ3) is 4.46. The van der Waals surface area contributed by atoms with E-state index < -0.39 is 0 Å². The van der Waals surface area contributed by atoms with Gasteiger partial charge in [-0.05, 0) is 62.9 Å². The molecule has 1 saturated carbocycles. The van der Waals surface area contributed by atoms with Gasteiger partial charge in [0.2, 0.25) is 0 Å². The van der Waals surface area contributed by atoms with Gasteiger partial charge in [0.25, 0.3) is 0 Å². The zero-order valence-corrected chi connectivity index (χ0v) is 13.5. The summed E-state index contributed by atoms with van der Waals surface area (Å²) in [5, 5.41) is 3.63. The van der Waals surface area contributed by atoms with E-state index in [9.17, 15) is 0 Å². The topological polar surface area (TPSA) is 15.3 Å². The lowest BCUT2D eigenvalue weighted by molar-refractivity contribution is 0.0550. The van der Waals surface area contributed by atoms with Gasteiger partial charge in [-0.25, -0.2) is 0 Å². The summed E-state index contributed by atoms with van der Waals surface area (Å²) in [6.45, 7) is 13.3. The van der Waals surface area contributed by atoms with E-state index in [1.807, 2.05) is 0 Å². The monoisotopic (exact) mass is 266 g/mol. The van der Waals surface area contributed by atoms with Crippen molar-refractivity contribution in [3.63, 3.8) is 0 Å². The molecular weight excluding hydrogens is 232 g/mol. The Hall–Kier alpha value is -0.0800. The van der Waals surface area contributed by atoms with Gasteiger partial charge in [0.1, 0.15) is 0 Å². The summed E-state index contributed by atoms with van der Waals surface area (Å²) in [6.07, 6.45) is 7.15. The first-order valence-electron chi connectivity index (χ1n) is 8.53. The molecule has 4 atom stereocenters. The Morgan fingerprint density at radius 2 is 1.95 bits per heavy atom. The number of nitrogens with one attached hydrogen (secondary N) is 1. The predicted molar refractivity (Wildman–Crippen MR) is 83.4 cm³/mol. The van der Waals surface area contributed by atoms with Crippen molar-refractivity contribution in [2.75, 3.05) is 19.6 Å². The van der Waals surface area contributed by atoms with Gasteiger partial charge < -0.3 is 5.32 Å². The average Bonchev–Trinajstić information content (AvgIpc) is 2.36. The van der Waals surface area contributed by atoms with Gasteiger partial charge in [0.15, 0.2) is 0 Å². The lowest BCUT2D eigenvalue weighted by Crippen LogP contribution is -2.49. The molecule has 0 bridgehead atoms. The van der Waals surface area contributed by atoms with E-state index in [0.717, 1.165) is 23.8 Å². The number of likely N-dealkylation sites (tertiary alicyclic amines) is 1. The van der Waals surface area contributed by atoms with Crippen molar-refractivity contribution in [3.8, 4) is 0 Å². The van der Waals surface area contributed by atoms with Crippen LogP contribution >= 0.6 is 0 Å². The number of piperidine rings is 1. The molecule has 2 aliphatic rings. The summed E-state index contributed by atoms with van der Waals surface area (Å²) in [5.74, 6) is 2.73. The first kappa shape index (κ1) is 15.3. The van der Waals surface area contributed by atoms with E-state index in [1.54, 1.807) is 0 Å². The van der Waals surface area contributed by atoms with Crippen LogP contribution in [0.4, 0.5) is 0 Å². The molecule has 0 amide bonds. The van der Waals surface area contributed by atoms with Gasteiger partial charge in [0.05, 0.1) is 0 Å². The van der Waals surface area contributed by atoms with Crippen molar-refractivity contribution >= 4 is 0 Å². The Morgan fingerprint density at radius 1 is 1.16 bits per heavy atom. The van der Waals surface area contributed by atoms with Crippen molar-refractivity contribution in [2.45, 2.75) is 71.9 Å². The van der Waals surface area contributed by atoms with E-state index in [1.165, 1.54) is 51.7 Å². The Kier molecular flexibility index (Phi) is 5.70. The minimum absolute atomic E-state index is 0.629. The summed E-state index contributed by atoms with van der Waals surface area (Å²) in [7, 11) is 0. The first-order valence-corrected chi connectivity index (χ1v) is 8.53. The fourth-order valence-electron chi connectivity index (χ4n) is 4.16. The zero-order valence-electron chi connectivity index (χ0n) is 13.5. The van der Waals surface area contributed by atoms with Crippen molar-refractivity contribution < 1.29 is 0 Å². The maximum absolute atomic E-state index is 3.63. The fourth-order valence-corrected chi connectivity index (χ4v) is 4.16. The van der Waals surface area contributed by atoms with Crippen molar-refractivity contribution in [1.82, 2.24) is 10.2 Å². The number of nitrogens with zero attached hydrogens (tertiary/aromatic N) is 1. The molecule has 1 saturated heterocycles. The molecular formula is C17H34N2.